The summed E-state index contributed by atoms with van der Waals surface area (Å²) in [5.41, 5.74) is 5.72. The number of hydrogen-bond acceptors (Lipinski definition) is 7. The van der Waals surface area contributed by atoms with E-state index in [-0.39, 0.29) is 30.4 Å². The average molecular weight is 371 g/mol. The second-order valence-electron chi connectivity index (χ2n) is 7.48. The molecule has 0 aliphatic heterocycles. The fourth-order valence-corrected chi connectivity index (χ4v) is 2.89. The van der Waals surface area contributed by atoms with Crippen LogP contribution in [0.15, 0.2) is 11.3 Å². The number of aliphatic hydroxyl groups excluding tert-OH is 1. The molecule has 3 atom stereocenters. The van der Waals surface area contributed by atoms with Gasteiger partial charge in [-0.15, -0.1) is 0 Å². The predicted molar refractivity (Wildman–Crippen MR) is 97.0 cm³/mol. The lowest BCUT2D eigenvalue weighted by Gasteiger charge is -2.37. The van der Waals surface area contributed by atoms with Crippen molar-refractivity contribution in [3.63, 3.8) is 0 Å². The van der Waals surface area contributed by atoms with E-state index in [0.29, 0.717) is 0 Å². The van der Waals surface area contributed by atoms with Gasteiger partial charge in [0.25, 0.3) is 0 Å². The molecule has 0 unspecified atom stereocenters. The van der Waals surface area contributed by atoms with E-state index in [1.54, 1.807) is 27.7 Å². The third kappa shape index (κ3) is 5.71. The van der Waals surface area contributed by atoms with E-state index in [1.165, 1.54) is 0 Å². The molecule has 0 radical (unpaired) electrons. The highest BCUT2D eigenvalue weighted by atomic mass is 16.6. The van der Waals surface area contributed by atoms with Gasteiger partial charge in [-0.3, -0.25) is 4.79 Å². The second-order valence-corrected chi connectivity index (χ2v) is 7.48. The number of esters is 2. The van der Waals surface area contributed by atoms with E-state index >= 15 is 0 Å². The van der Waals surface area contributed by atoms with E-state index in [0.717, 1.165) is 12.8 Å². The fourth-order valence-electron chi connectivity index (χ4n) is 2.89. The number of nitrogens with two attached hydrogens (primary N) is 1. The molecule has 0 spiro atoms. The van der Waals surface area contributed by atoms with Crippen molar-refractivity contribution in [2.24, 2.45) is 11.7 Å². The molecule has 3 N–H and O–H groups in total. The van der Waals surface area contributed by atoms with E-state index in [2.05, 4.69) is 0 Å². The van der Waals surface area contributed by atoms with Gasteiger partial charge in [0.2, 0.25) is 0 Å². The Morgan fingerprint density at radius 1 is 1.23 bits per heavy atom. The quantitative estimate of drug-likeness (QED) is 0.659. The molecule has 1 aliphatic carbocycles. The van der Waals surface area contributed by atoms with Crippen LogP contribution in [0.2, 0.25) is 0 Å². The lowest BCUT2D eigenvalue weighted by Crippen LogP contribution is -2.50. The molecule has 0 aromatic rings. The first-order valence-corrected chi connectivity index (χ1v) is 9.27. The maximum atomic E-state index is 12.6. The zero-order valence-corrected chi connectivity index (χ0v) is 16.7. The Morgan fingerprint density at radius 3 is 2.27 bits per heavy atom. The summed E-state index contributed by atoms with van der Waals surface area (Å²) in [4.78, 5) is 24.9. The van der Waals surface area contributed by atoms with Crippen molar-refractivity contribution in [1.82, 2.24) is 0 Å². The molecule has 0 fully saturated rings. The number of carbonyl (C=O) groups is 2. The Bertz CT molecular complexity index is 533. The third-order valence-electron chi connectivity index (χ3n) is 4.28. The molecule has 1 aliphatic rings. The van der Waals surface area contributed by atoms with Crippen molar-refractivity contribution in [3.8, 4) is 0 Å². The van der Waals surface area contributed by atoms with Crippen molar-refractivity contribution in [3.05, 3.63) is 11.3 Å². The summed E-state index contributed by atoms with van der Waals surface area (Å²) in [6.07, 6.45) is -0.885. The first-order valence-electron chi connectivity index (χ1n) is 9.27. The summed E-state index contributed by atoms with van der Waals surface area (Å²) in [5.74, 6) is -2.12. The summed E-state index contributed by atoms with van der Waals surface area (Å²) in [5, 5.41) is 10.7. The number of carbonyl (C=O) groups excluding carboxylic acids is 2. The standard InChI is InChI=1S/C19H33NO6/c1-7-11(8-2)25-16-14(20)12(17(22)24-9-3)10-13(15(16)21)18(23)26-19(4,5)6/h11,13,15-16,21H,7-10,20H2,1-6H3/t13-,15-,16+/m1/s1. The van der Waals surface area contributed by atoms with Crippen LogP contribution in [0.25, 0.3) is 0 Å². The van der Waals surface area contributed by atoms with Gasteiger partial charge in [-0.05, 0) is 47.0 Å². The Balaban J connectivity index is 3.20. The smallest absolute Gasteiger partial charge is 0.335 e. The van der Waals surface area contributed by atoms with Gasteiger partial charge in [0.15, 0.2) is 0 Å². The van der Waals surface area contributed by atoms with Crippen LogP contribution in [0.1, 0.15) is 60.8 Å². The van der Waals surface area contributed by atoms with Gasteiger partial charge in [-0.1, -0.05) is 13.8 Å². The Morgan fingerprint density at radius 2 is 1.81 bits per heavy atom. The van der Waals surface area contributed by atoms with Crippen molar-refractivity contribution in [2.75, 3.05) is 6.61 Å². The molecule has 0 amide bonds. The van der Waals surface area contributed by atoms with Crippen molar-refractivity contribution < 1.29 is 28.9 Å². The maximum Gasteiger partial charge on any atom is 0.335 e. The molecule has 0 saturated heterocycles. The van der Waals surface area contributed by atoms with Gasteiger partial charge in [0, 0.05) is 0 Å². The zero-order valence-electron chi connectivity index (χ0n) is 16.7. The number of ether oxygens (including phenoxy) is 3. The summed E-state index contributed by atoms with van der Waals surface area (Å²) in [6, 6.07) is 0. The fraction of sp³-hybridized carbons (Fsp3) is 0.789. The molecule has 150 valence electrons. The molecular weight excluding hydrogens is 338 g/mol. The monoisotopic (exact) mass is 371 g/mol. The molecule has 0 heterocycles. The first kappa shape index (κ1) is 22.4. The van der Waals surface area contributed by atoms with Gasteiger partial charge in [0.1, 0.15) is 11.7 Å². The largest absolute Gasteiger partial charge is 0.463 e. The van der Waals surface area contributed by atoms with E-state index in [1.807, 2.05) is 13.8 Å². The molecule has 26 heavy (non-hydrogen) atoms. The highest BCUT2D eigenvalue weighted by Crippen LogP contribution is 2.33. The SMILES string of the molecule is CCOC(=O)C1=C(N)[C@H](OC(CC)CC)[C@H](O)[C@H](C(=O)OC(C)(C)C)C1. The maximum absolute atomic E-state index is 12.6. The first-order chi connectivity index (χ1) is 12.1. The number of aliphatic hydroxyl groups is 1. The van der Waals surface area contributed by atoms with E-state index in [9.17, 15) is 14.7 Å². The summed E-state index contributed by atoms with van der Waals surface area (Å²) in [6.45, 7) is 11.0. The average Bonchev–Trinajstić information content (AvgIpc) is 2.53. The molecule has 1 rings (SSSR count). The Kier molecular flexibility index (Phi) is 8.09. The van der Waals surface area contributed by atoms with E-state index in [4.69, 9.17) is 19.9 Å². The highest BCUT2D eigenvalue weighted by Gasteiger charge is 2.45. The number of rotatable bonds is 7. The summed E-state index contributed by atoms with van der Waals surface area (Å²) >= 11 is 0. The molecule has 0 saturated carbocycles. The second kappa shape index (κ2) is 9.37. The van der Waals surface area contributed by atoms with Crippen LogP contribution in [0.3, 0.4) is 0 Å². The predicted octanol–water partition coefficient (Wildman–Crippen LogP) is 2.06. The van der Waals surface area contributed by atoms with Crippen LogP contribution in [-0.4, -0.2) is 47.6 Å². The van der Waals surface area contributed by atoms with Crippen LogP contribution in [0.5, 0.6) is 0 Å². The molecular formula is C19H33NO6. The minimum atomic E-state index is -1.19. The van der Waals surface area contributed by atoms with Crippen LogP contribution >= 0.6 is 0 Å². The van der Waals surface area contributed by atoms with Gasteiger partial charge in [-0.2, -0.15) is 0 Å². The topological polar surface area (TPSA) is 108 Å². The highest BCUT2D eigenvalue weighted by molar-refractivity contribution is 5.91. The van der Waals surface area contributed by atoms with Gasteiger partial charge >= 0.3 is 11.9 Å². The van der Waals surface area contributed by atoms with Crippen LogP contribution in [0, 0.1) is 5.92 Å². The van der Waals surface area contributed by atoms with Crippen molar-refractivity contribution >= 4 is 11.9 Å². The minimum Gasteiger partial charge on any atom is -0.463 e. The Labute approximate surface area is 155 Å². The summed E-state index contributed by atoms with van der Waals surface area (Å²) < 4.78 is 16.4. The normalized spacial score (nSPS) is 23.9. The lowest BCUT2D eigenvalue weighted by atomic mass is 9.82. The summed E-state index contributed by atoms with van der Waals surface area (Å²) in [7, 11) is 0. The van der Waals surface area contributed by atoms with Crippen LogP contribution < -0.4 is 5.73 Å². The van der Waals surface area contributed by atoms with Gasteiger partial charge < -0.3 is 25.1 Å². The molecule has 7 heteroatoms. The third-order valence-corrected chi connectivity index (χ3v) is 4.28. The number of hydrogen-bond donors (Lipinski definition) is 2. The molecule has 0 aromatic heterocycles. The van der Waals surface area contributed by atoms with Gasteiger partial charge in [0.05, 0.1) is 36.0 Å². The lowest BCUT2D eigenvalue weighted by molar-refractivity contribution is -0.170. The minimum absolute atomic E-state index is 0.0382. The van der Waals surface area contributed by atoms with Crippen molar-refractivity contribution in [1.29, 1.82) is 0 Å². The molecule has 7 nitrogen and oxygen atoms in total. The van der Waals surface area contributed by atoms with E-state index < -0.39 is 35.7 Å². The van der Waals surface area contributed by atoms with Crippen LogP contribution in [0.4, 0.5) is 0 Å². The van der Waals surface area contributed by atoms with Crippen molar-refractivity contribution in [2.45, 2.75) is 84.7 Å². The molecule has 0 aromatic carbocycles. The van der Waals surface area contributed by atoms with Gasteiger partial charge in [-0.25, -0.2) is 4.79 Å². The van der Waals surface area contributed by atoms with Crippen LogP contribution in [-0.2, 0) is 23.8 Å². The zero-order chi connectivity index (χ0) is 20.1. The Hall–Kier alpha value is -1.60. The molecule has 0 bridgehead atoms.